The van der Waals surface area contributed by atoms with Crippen molar-refractivity contribution >= 4 is 34.1 Å². The Hall–Kier alpha value is -3.08. The van der Waals surface area contributed by atoms with Gasteiger partial charge >= 0.3 is 5.97 Å². The van der Waals surface area contributed by atoms with Gasteiger partial charge in [0, 0.05) is 0 Å². The number of nitriles is 1. The lowest BCUT2D eigenvalue weighted by molar-refractivity contribution is -0.134. The highest BCUT2D eigenvalue weighted by molar-refractivity contribution is 7.96. The zero-order valence-electron chi connectivity index (χ0n) is 15.8. The summed E-state index contributed by atoms with van der Waals surface area (Å²) in [7, 11) is 0. The van der Waals surface area contributed by atoms with Crippen LogP contribution in [0.2, 0.25) is 0 Å². The standard InChI is InChI=1S/C24H22NO2P/c1-2-27-24(26)23(18-19-25)28(20-12-6-3-7-13-20,21-14-8-4-9-15-21)22-16-10-5-11-17-22/h3-17H,2,18H2,1H3. The molecule has 0 saturated heterocycles. The maximum absolute atomic E-state index is 13.1. The molecule has 3 aromatic rings. The van der Waals surface area contributed by atoms with E-state index in [-0.39, 0.29) is 13.0 Å². The number of ether oxygens (including phenoxy) is 1. The molecule has 0 aliphatic heterocycles. The number of nitrogens with zero attached hydrogens (tertiary/aromatic N) is 1. The Kier molecular flexibility index (Phi) is 6.48. The topological polar surface area (TPSA) is 50.1 Å². The third-order valence-corrected chi connectivity index (χ3v) is 8.96. The molecule has 0 radical (unpaired) electrons. The van der Waals surface area contributed by atoms with Crippen LogP contribution in [0.25, 0.3) is 0 Å². The van der Waals surface area contributed by atoms with Crippen molar-refractivity contribution in [1.29, 1.82) is 5.26 Å². The Morgan fingerprint density at radius 2 is 1.21 bits per heavy atom. The van der Waals surface area contributed by atoms with Crippen molar-refractivity contribution in [2.24, 2.45) is 0 Å². The SMILES string of the molecule is CCOC(=O)C(CC#N)=P(c1ccccc1)(c1ccccc1)c1ccccc1. The van der Waals surface area contributed by atoms with Crippen LogP contribution in [0, 0.1) is 11.3 Å². The molecule has 0 spiro atoms. The largest absolute Gasteiger partial charge is 0.463 e. The van der Waals surface area contributed by atoms with Gasteiger partial charge in [-0.15, -0.1) is 0 Å². The molecule has 140 valence electrons. The van der Waals surface area contributed by atoms with Crippen LogP contribution in [0.15, 0.2) is 91.0 Å². The van der Waals surface area contributed by atoms with Crippen molar-refractivity contribution in [2.45, 2.75) is 13.3 Å². The highest BCUT2D eigenvalue weighted by Gasteiger charge is 2.33. The van der Waals surface area contributed by atoms with Crippen LogP contribution in [-0.2, 0) is 9.53 Å². The third kappa shape index (κ3) is 3.65. The lowest BCUT2D eigenvalue weighted by Gasteiger charge is -2.31. The fourth-order valence-corrected chi connectivity index (χ4v) is 7.82. The molecule has 0 N–H and O–H groups in total. The Morgan fingerprint density at radius 1 is 0.821 bits per heavy atom. The number of esters is 1. The predicted molar refractivity (Wildman–Crippen MR) is 117 cm³/mol. The molecule has 0 aliphatic rings. The molecule has 4 heteroatoms. The second-order valence-corrected chi connectivity index (χ2v) is 9.61. The smallest absolute Gasteiger partial charge is 0.336 e. The number of benzene rings is 3. The van der Waals surface area contributed by atoms with Gasteiger partial charge in [-0.05, 0) is 29.7 Å². The zero-order valence-corrected chi connectivity index (χ0v) is 16.7. The minimum atomic E-state index is -2.55. The van der Waals surface area contributed by atoms with E-state index in [0.717, 1.165) is 15.9 Å². The summed E-state index contributed by atoms with van der Waals surface area (Å²) in [6.07, 6.45) is 0.0191. The van der Waals surface area contributed by atoms with Crippen LogP contribution < -0.4 is 15.9 Å². The van der Waals surface area contributed by atoms with Gasteiger partial charge in [0.05, 0.1) is 24.4 Å². The summed E-state index contributed by atoms with van der Waals surface area (Å²) in [6.45, 7) is -0.489. The molecule has 0 fully saturated rings. The summed E-state index contributed by atoms with van der Waals surface area (Å²) in [5.74, 6) is -0.394. The molecule has 0 bridgehead atoms. The lowest BCUT2D eigenvalue weighted by atomic mass is 10.3. The average molecular weight is 387 g/mol. The highest BCUT2D eigenvalue weighted by atomic mass is 31.2. The Bertz CT molecular complexity index is 919. The van der Waals surface area contributed by atoms with Gasteiger partial charge < -0.3 is 4.74 Å². The van der Waals surface area contributed by atoms with E-state index >= 15 is 0 Å². The molecule has 0 aromatic heterocycles. The summed E-state index contributed by atoms with van der Waals surface area (Å²) in [6, 6.07) is 32.2. The second-order valence-electron chi connectivity index (χ2n) is 6.18. The van der Waals surface area contributed by atoms with Crippen molar-refractivity contribution in [1.82, 2.24) is 0 Å². The van der Waals surface area contributed by atoms with E-state index in [9.17, 15) is 10.1 Å². The molecule has 0 unspecified atom stereocenters. The number of carbonyl (C=O) groups is 1. The van der Waals surface area contributed by atoms with Crippen LogP contribution in [0.4, 0.5) is 0 Å². The van der Waals surface area contributed by atoms with Crippen LogP contribution in [0.1, 0.15) is 13.3 Å². The van der Waals surface area contributed by atoms with E-state index in [0.29, 0.717) is 5.29 Å². The van der Waals surface area contributed by atoms with Crippen LogP contribution in [0.3, 0.4) is 0 Å². The van der Waals surface area contributed by atoms with Gasteiger partial charge in [-0.2, -0.15) is 5.26 Å². The number of carbonyl (C=O) groups excluding carboxylic acids is 1. The molecule has 3 rings (SSSR count). The summed E-state index contributed by atoms with van der Waals surface area (Å²) >= 11 is 0. The van der Waals surface area contributed by atoms with Crippen LogP contribution >= 0.6 is 6.89 Å². The van der Waals surface area contributed by atoms with Crippen molar-refractivity contribution in [2.75, 3.05) is 6.61 Å². The molecule has 0 saturated carbocycles. The van der Waals surface area contributed by atoms with E-state index in [1.165, 1.54) is 0 Å². The van der Waals surface area contributed by atoms with E-state index in [1.807, 2.05) is 91.0 Å². The lowest BCUT2D eigenvalue weighted by Crippen LogP contribution is -2.34. The number of hydrogen-bond acceptors (Lipinski definition) is 3. The quantitative estimate of drug-likeness (QED) is 0.479. The molecular formula is C24H22NO2P. The maximum Gasteiger partial charge on any atom is 0.336 e. The van der Waals surface area contributed by atoms with Crippen molar-refractivity contribution < 1.29 is 9.53 Å². The van der Waals surface area contributed by atoms with E-state index in [1.54, 1.807) is 6.92 Å². The normalized spacial score (nSPS) is 10.7. The van der Waals surface area contributed by atoms with Crippen LogP contribution in [0.5, 0.6) is 0 Å². The Labute approximate surface area is 166 Å². The monoisotopic (exact) mass is 387 g/mol. The van der Waals surface area contributed by atoms with Gasteiger partial charge in [0.2, 0.25) is 0 Å². The van der Waals surface area contributed by atoms with Crippen molar-refractivity contribution in [3.63, 3.8) is 0 Å². The van der Waals surface area contributed by atoms with E-state index in [2.05, 4.69) is 6.07 Å². The predicted octanol–water partition coefficient (Wildman–Crippen LogP) is 3.63. The van der Waals surface area contributed by atoms with E-state index in [4.69, 9.17) is 4.74 Å². The Morgan fingerprint density at radius 3 is 1.54 bits per heavy atom. The summed E-state index contributed by atoms with van der Waals surface area (Å²) in [4.78, 5) is 13.1. The number of hydrogen-bond donors (Lipinski definition) is 0. The molecule has 3 nitrogen and oxygen atoms in total. The summed E-state index contributed by atoms with van der Waals surface area (Å²) in [5, 5.41) is 13.2. The van der Waals surface area contributed by atoms with Gasteiger partial charge in [-0.25, -0.2) is 4.79 Å². The van der Waals surface area contributed by atoms with E-state index < -0.39 is 12.9 Å². The van der Waals surface area contributed by atoms with Gasteiger partial charge in [0.25, 0.3) is 0 Å². The maximum atomic E-state index is 13.1. The highest BCUT2D eigenvalue weighted by Crippen LogP contribution is 2.47. The first kappa shape index (κ1) is 19.7. The van der Waals surface area contributed by atoms with Gasteiger partial charge in [-0.1, -0.05) is 91.0 Å². The Balaban J connectivity index is 2.56. The molecule has 0 atom stereocenters. The molecule has 0 amide bonds. The minimum absolute atomic E-state index is 0.0191. The molecule has 3 aromatic carbocycles. The van der Waals surface area contributed by atoms with Gasteiger partial charge in [0.15, 0.2) is 0 Å². The summed E-state index contributed by atoms with van der Waals surface area (Å²) in [5.41, 5.74) is 0. The average Bonchev–Trinajstić information content (AvgIpc) is 2.76. The minimum Gasteiger partial charge on any atom is -0.463 e. The number of rotatable bonds is 6. The fraction of sp³-hybridized carbons (Fsp3) is 0.125. The first-order chi connectivity index (χ1) is 13.7. The molecule has 28 heavy (non-hydrogen) atoms. The fourth-order valence-electron chi connectivity index (χ4n) is 3.49. The zero-order chi connectivity index (χ0) is 19.8. The van der Waals surface area contributed by atoms with Crippen molar-refractivity contribution in [3.05, 3.63) is 91.0 Å². The second kappa shape index (κ2) is 9.22. The van der Waals surface area contributed by atoms with Gasteiger partial charge in [-0.3, -0.25) is 0 Å². The van der Waals surface area contributed by atoms with Crippen LogP contribution in [-0.4, -0.2) is 17.9 Å². The first-order valence-corrected chi connectivity index (χ1v) is 11.0. The first-order valence-electron chi connectivity index (χ1n) is 9.21. The third-order valence-electron chi connectivity index (χ3n) is 4.59. The molecule has 0 aliphatic carbocycles. The van der Waals surface area contributed by atoms with Crippen molar-refractivity contribution in [3.8, 4) is 6.07 Å². The molecule has 0 heterocycles. The van der Waals surface area contributed by atoms with Gasteiger partial charge in [0.1, 0.15) is 0 Å². The molecular weight excluding hydrogens is 365 g/mol. The summed E-state index contributed by atoms with van der Waals surface area (Å²) < 4.78 is 5.43.